The van der Waals surface area contributed by atoms with Gasteiger partial charge in [-0.3, -0.25) is 4.79 Å². The lowest BCUT2D eigenvalue weighted by atomic mass is 10.1. The van der Waals surface area contributed by atoms with Crippen LogP contribution in [0.25, 0.3) is 16.8 Å². The van der Waals surface area contributed by atoms with Crippen LogP contribution >= 0.6 is 11.6 Å². The standard InChI is InChI=1S/C18H16ClFN4O/c19-16-8-7-12(17(20)22-16)14-5-4-6-15-13(11-21-24(14)15)18(25)23-9-2-1-3-10-23/h4-8,11H,1-3,9-10H2. The minimum atomic E-state index is -0.667. The third kappa shape index (κ3) is 2.87. The number of piperidine rings is 1. The van der Waals surface area contributed by atoms with Crippen LogP contribution in [0.15, 0.2) is 36.5 Å². The van der Waals surface area contributed by atoms with Gasteiger partial charge in [-0.2, -0.15) is 9.49 Å². The number of halogens is 2. The van der Waals surface area contributed by atoms with Crippen molar-refractivity contribution < 1.29 is 9.18 Å². The second-order valence-corrected chi connectivity index (χ2v) is 6.48. The van der Waals surface area contributed by atoms with Gasteiger partial charge in [0.2, 0.25) is 5.95 Å². The SMILES string of the molecule is O=C(c1cnn2c(-c3ccc(Cl)nc3F)cccc12)N1CCCCC1. The third-order valence-corrected chi connectivity index (χ3v) is 4.72. The van der Waals surface area contributed by atoms with E-state index in [4.69, 9.17) is 11.6 Å². The van der Waals surface area contributed by atoms with Gasteiger partial charge in [0, 0.05) is 13.1 Å². The molecular formula is C18H16ClFN4O. The highest BCUT2D eigenvalue weighted by atomic mass is 35.5. The molecular weight excluding hydrogens is 343 g/mol. The Balaban J connectivity index is 1.79. The van der Waals surface area contributed by atoms with Crippen LogP contribution in [0.1, 0.15) is 29.6 Å². The molecule has 5 nitrogen and oxygen atoms in total. The van der Waals surface area contributed by atoms with Crippen molar-refractivity contribution in [2.75, 3.05) is 13.1 Å². The Hall–Kier alpha value is -2.47. The number of fused-ring (bicyclic) bond motifs is 1. The maximum atomic E-state index is 14.2. The summed E-state index contributed by atoms with van der Waals surface area (Å²) < 4.78 is 15.8. The van der Waals surface area contributed by atoms with Crippen LogP contribution in [-0.4, -0.2) is 38.5 Å². The second kappa shape index (κ2) is 6.44. The molecule has 25 heavy (non-hydrogen) atoms. The fourth-order valence-electron chi connectivity index (χ4n) is 3.25. The number of rotatable bonds is 2. The maximum Gasteiger partial charge on any atom is 0.257 e. The average molecular weight is 359 g/mol. The summed E-state index contributed by atoms with van der Waals surface area (Å²) in [4.78, 5) is 18.3. The molecule has 1 fully saturated rings. The molecule has 4 rings (SSSR count). The van der Waals surface area contributed by atoms with E-state index in [1.54, 1.807) is 28.9 Å². The van der Waals surface area contributed by atoms with E-state index in [-0.39, 0.29) is 16.6 Å². The Morgan fingerprint density at radius 1 is 1.12 bits per heavy atom. The fourth-order valence-corrected chi connectivity index (χ4v) is 3.39. The molecule has 1 aliphatic heterocycles. The van der Waals surface area contributed by atoms with Gasteiger partial charge in [0.05, 0.1) is 28.5 Å². The molecule has 7 heteroatoms. The summed E-state index contributed by atoms with van der Waals surface area (Å²) in [5.74, 6) is -0.694. The number of amides is 1. The summed E-state index contributed by atoms with van der Waals surface area (Å²) in [5, 5.41) is 4.41. The van der Waals surface area contributed by atoms with E-state index in [9.17, 15) is 9.18 Å². The number of hydrogen-bond donors (Lipinski definition) is 0. The normalized spacial score (nSPS) is 14.9. The molecule has 0 spiro atoms. The van der Waals surface area contributed by atoms with Crippen LogP contribution in [0, 0.1) is 5.95 Å². The van der Waals surface area contributed by atoms with Gasteiger partial charge in [-0.15, -0.1) is 0 Å². The quantitative estimate of drug-likeness (QED) is 0.654. The van der Waals surface area contributed by atoms with E-state index in [0.29, 0.717) is 16.8 Å². The van der Waals surface area contributed by atoms with Crippen molar-refractivity contribution in [2.45, 2.75) is 19.3 Å². The first-order valence-electron chi connectivity index (χ1n) is 8.23. The van der Waals surface area contributed by atoms with Crippen molar-refractivity contribution in [2.24, 2.45) is 0 Å². The van der Waals surface area contributed by atoms with E-state index in [0.717, 1.165) is 32.4 Å². The zero-order valence-corrected chi connectivity index (χ0v) is 14.2. The predicted octanol–water partition coefficient (Wildman–Crippen LogP) is 3.81. The molecule has 4 heterocycles. The summed E-state index contributed by atoms with van der Waals surface area (Å²) in [7, 11) is 0. The number of carbonyl (C=O) groups excluding carboxylic acids is 1. The van der Waals surface area contributed by atoms with Gasteiger partial charge < -0.3 is 4.90 Å². The van der Waals surface area contributed by atoms with E-state index in [1.807, 2.05) is 11.0 Å². The van der Waals surface area contributed by atoms with Crippen LogP contribution < -0.4 is 0 Å². The minimum Gasteiger partial charge on any atom is -0.339 e. The summed E-state index contributed by atoms with van der Waals surface area (Å²) in [5.41, 5.74) is 2.00. The van der Waals surface area contributed by atoms with E-state index in [2.05, 4.69) is 10.1 Å². The van der Waals surface area contributed by atoms with Gasteiger partial charge in [-0.1, -0.05) is 17.7 Å². The summed E-state index contributed by atoms with van der Waals surface area (Å²) in [6, 6.07) is 8.43. The van der Waals surface area contributed by atoms with Gasteiger partial charge in [0.1, 0.15) is 5.15 Å². The molecule has 1 saturated heterocycles. The van der Waals surface area contributed by atoms with Crippen molar-refractivity contribution in [1.82, 2.24) is 19.5 Å². The van der Waals surface area contributed by atoms with Gasteiger partial charge >= 0.3 is 0 Å². The summed E-state index contributed by atoms with van der Waals surface area (Å²) in [6.45, 7) is 1.54. The van der Waals surface area contributed by atoms with Crippen LogP contribution in [-0.2, 0) is 0 Å². The van der Waals surface area contributed by atoms with Crippen LogP contribution in [0.5, 0.6) is 0 Å². The first-order valence-corrected chi connectivity index (χ1v) is 8.61. The molecule has 1 amide bonds. The number of hydrogen-bond acceptors (Lipinski definition) is 3. The van der Waals surface area contributed by atoms with Crippen LogP contribution in [0.2, 0.25) is 5.15 Å². The summed E-state index contributed by atoms with van der Waals surface area (Å²) in [6.07, 6.45) is 4.76. The molecule has 0 saturated carbocycles. The smallest absolute Gasteiger partial charge is 0.257 e. The Morgan fingerprint density at radius 3 is 2.68 bits per heavy atom. The fraction of sp³-hybridized carbons (Fsp3) is 0.278. The zero-order chi connectivity index (χ0) is 17.4. The highest BCUT2D eigenvalue weighted by molar-refractivity contribution is 6.29. The molecule has 3 aromatic heterocycles. The Morgan fingerprint density at radius 2 is 1.92 bits per heavy atom. The molecule has 0 N–H and O–H groups in total. The largest absolute Gasteiger partial charge is 0.339 e. The lowest BCUT2D eigenvalue weighted by molar-refractivity contribution is 0.0726. The van der Waals surface area contributed by atoms with Crippen molar-refractivity contribution in [3.63, 3.8) is 0 Å². The monoisotopic (exact) mass is 358 g/mol. The molecule has 0 aromatic carbocycles. The molecule has 1 aliphatic rings. The first-order chi connectivity index (χ1) is 12.1. The Kier molecular flexibility index (Phi) is 4.13. The Labute approximate surface area is 149 Å². The molecule has 0 unspecified atom stereocenters. The maximum absolute atomic E-state index is 14.2. The first kappa shape index (κ1) is 16.0. The Bertz CT molecular complexity index is 949. The number of pyridine rings is 2. The van der Waals surface area contributed by atoms with E-state index in [1.165, 1.54) is 6.07 Å². The second-order valence-electron chi connectivity index (χ2n) is 6.09. The lowest BCUT2D eigenvalue weighted by Gasteiger charge is -2.26. The van der Waals surface area contributed by atoms with E-state index >= 15 is 0 Å². The van der Waals surface area contributed by atoms with E-state index < -0.39 is 5.95 Å². The van der Waals surface area contributed by atoms with Crippen LogP contribution in [0.4, 0.5) is 4.39 Å². The topological polar surface area (TPSA) is 50.5 Å². The van der Waals surface area contributed by atoms with Crippen molar-refractivity contribution >= 4 is 23.0 Å². The summed E-state index contributed by atoms with van der Waals surface area (Å²) >= 11 is 5.73. The average Bonchev–Trinajstić information content (AvgIpc) is 3.06. The molecule has 0 atom stereocenters. The third-order valence-electron chi connectivity index (χ3n) is 4.51. The van der Waals surface area contributed by atoms with Gasteiger partial charge in [-0.05, 0) is 43.5 Å². The molecule has 3 aromatic rings. The van der Waals surface area contributed by atoms with Gasteiger partial charge in [0.25, 0.3) is 5.91 Å². The number of nitrogens with zero attached hydrogens (tertiary/aromatic N) is 4. The lowest BCUT2D eigenvalue weighted by Crippen LogP contribution is -2.35. The van der Waals surface area contributed by atoms with Gasteiger partial charge in [-0.25, -0.2) is 9.50 Å². The van der Waals surface area contributed by atoms with Crippen molar-refractivity contribution in [1.29, 1.82) is 0 Å². The van der Waals surface area contributed by atoms with Crippen LogP contribution in [0.3, 0.4) is 0 Å². The number of aromatic nitrogens is 3. The minimum absolute atomic E-state index is 0.0263. The zero-order valence-electron chi connectivity index (χ0n) is 13.5. The molecule has 128 valence electrons. The molecule has 0 radical (unpaired) electrons. The highest BCUT2D eigenvalue weighted by Gasteiger charge is 2.22. The van der Waals surface area contributed by atoms with Crippen molar-refractivity contribution in [3.8, 4) is 11.3 Å². The number of likely N-dealkylation sites (tertiary alicyclic amines) is 1. The predicted molar refractivity (Wildman–Crippen MR) is 93.1 cm³/mol. The van der Waals surface area contributed by atoms with Crippen molar-refractivity contribution in [3.05, 3.63) is 53.2 Å². The van der Waals surface area contributed by atoms with Gasteiger partial charge in [0.15, 0.2) is 0 Å². The molecule has 0 bridgehead atoms. The molecule has 0 aliphatic carbocycles. The number of carbonyl (C=O) groups is 1. The highest BCUT2D eigenvalue weighted by Crippen LogP contribution is 2.26.